The van der Waals surface area contributed by atoms with E-state index in [1.165, 1.54) is 10.5 Å². The Balaban J connectivity index is 1.35. The summed E-state index contributed by atoms with van der Waals surface area (Å²) in [6, 6.07) is 7.76. The van der Waals surface area contributed by atoms with Crippen molar-refractivity contribution >= 4 is 23.5 Å². The minimum Gasteiger partial charge on any atom is -0.323 e. The van der Waals surface area contributed by atoms with E-state index in [0.717, 1.165) is 50.3 Å². The maximum atomic E-state index is 12.4. The van der Waals surface area contributed by atoms with Gasteiger partial charge in [-0.1, -0.05) is 23.7 Å². The van der Waals surface area contributed by atoms with E-state index in [1.807, 2.05) is 24.3 Å². The molecule has 1 aromatic carbocycles. The third-order valence-corrected chi connectivity index (χ3v) is 5.44. The van der Waals surface area contributed by atoms with Crippen LogP contribution in [0.15, 0.2) is 24.3 Å². The fourth-order valence-electron chi connectivity index (χ4n) is 3.62. The molecule has 3 aliphatic rings. The van der Waals surface area contributed by atoms with Crippen molar-refractivity contribution in [3.05, 3.63) is 34.9 Å². The number of likely N-dealkylation sites (tertiary alicyclic amines) is 1. The minimum absolute atomic E-state index is 0.00125. The second kappa shape index (κ2) is 5.49. The van der Waals surface area contributed by atoms with Gasteiger partial charge in [-0.15, -0.1) is 0 Å². The number of carbonyl (C=O) groups excluding carboxylic acids is 2. The molecule has 0 atom stereocenters. The minimum atomic E-state index is -0.530. The molecule has 1 saturated carbocycles. The Labute approximate surface area is 140 Å². The van der Waals surface area contributed by atoms with E-state index in [1.54, 1.807) is 0 Å². The molecule has 23 heavy (non-hydrogen) atoms. The number of halogens is 1. The maximum Gasteiger partial charge on any atom is 0.325 e. The summed E-state index contributed by atoms with van der Waals surface area (Å²) in [7, 11) is 0. The van der Waals surface area contributed by atoms with Gasteiger partial charge in [0.25, 0.3) is 5.91 Å². The van der Waals surface area contributed by atoms with Crippen LogP contribution in [-0.2, 0) is 11.3 Å². The summed E-state index contributed by atoms with van der Waals surface area (Å²) in [6.07, 6.45) is 3.29. The largest absolute Gasteiger partial charge is 0.325 e. The predicted octanol–water partition coefficient (Wildman–Crippen LogP) is 2.39. The van der Waals surface area contributed by atoms with Crippen molar-refractivity contribution in [1.29, 1.82) is 0 Å². The summed E-state index contributed by atoms with van der Waals surface area (Å²) in [5.41, 5.74) is 0.706. The van der Waals surface area contributed by atoms with Crippen LogP contribution in [0.4, 0.5) is 4.79 Å². The molecular weight excluding hydrogens is 314 g/mol. The van der Waals surface area contributed by atoms with Gasteiger partial charge >= 0.3 is 6.03 Å². The zero-order chi connectivity index (χ0) is 16.0. The first-order valence-corrected chi connectivity index (χ1v) is 8.58. The second-order valence-corrected chi connectivity index (χ2v) is 7.26. The standard InChI is InChI=1S/C17H20ClN3O2/c18-13-3-1-12(2-4-13)11-20-9-5-14(6-10-20)21-15(22)17(7-8-17)19-16(21)23/h1-4,14H,5-11H2,(H,19,23). The van der Waals surface area contributed by atoms with Gasteiger partial charge in [0.2, 0.25) is 0 Å². The molecule has 2 aliphatic heterocycles. The number of hydrogen-bond acceptors (Lipinski definition) is 3. The molecular formula is C17H20ClN3O2. The lowest BCUT2D eigenvalue weighted by Gasteiger charge is -2.35. The van der Waals surface area contributed by atoms with Crippen molar-refractivity contribution in [2.24, 2.45) is 0 Å². The number of benzene rings is 1. The Morgan fingerprint density at radius 1 is 1.13 bits per heavy atom. The van der Waals surface area contributed by atoms with Crippen LogP contribution in [0.5, 0.6) is 0 Å². The summed E-state index contributed by atoms with van der Waals surface area (Å²) in [5, 5.41) is 3.62. The van der Waals surface area contributed by atoms with Crippen molar-refractivity contribution in [2.75, 3.05) is 13.1 Å². The summed E-state index contributed by atoms with van der Waals surface area (Å²) in [6.45, 7) is 2.68. The Hall–Kier alpha value is -1.59. The zero-order valence-corrected chi connectivity index (χ0v) is 13.7. The molecule has 2 heterocycles. The van der Waals surface area contributed by atoms with Crippen molar-refractivity contribution in [1.82, 2.24) is 15.1 Å². The van der Waals surface area contributed by atoms with Crippen LogP contribution in [0, 0.1) is 0 Å². The van der Waals surface area contributed by atoms with Crippen LogP contribution in [0.25, 0.3) is 0 Å². The number of carbonyl (C=O) groups is 2. The van der Waals surface area contributed by atoms with Crippen LogP contribution in [0.2, 0.25) is 5.02 Å². The van der Waals surface area contributed by atoms with E-state index in [2.05, 4.69) is 10.2 Å². The topological polar surface area (TPSA) is 52.7 Å². The molecule has 0 radical (unpaired) electrons. The second-order valence-electron chi connectivity index (χ2n) is 6.82. The van der Waals surface area contributed by atoms with E-state index in [-0.39, 0.29) is 18.0 Å². The fraction of sp³-hybridized carbons (Fsp3) is 0.529. The number of nitrogens with one attached hydrogen (secondary N) is 1. The molecule has 1 aromatic rings. The molecule has 1 aliphatic carbocycles. The van der Waals surface area contributed by atoms with Gasteiger partial charge in [-0.25, -0.2) is 4.79 Å². The molecule has 122 valence electrons. The van der Waals surface area contributed by atoms with Crippen molar-refractivity contribution in [3.63, 3.8) is 0 Å². The first-order chi connectivity index (χ1) is 11.1. The van der Waals surface area contributed by atoms with Crippen LogP contribution < -0.4 is 5.32 Å². The van der Waals surface area contributed by atoms with Crippen LogP contribution in [0.3, 0.4) is 0 Å². The highest BCUT2D eigenvalue weighted by Crippen LogP contribution is 2.42. The monoisotopic (exact) mass is 333 g/mol. The number of imide groups is 1. The van der Waals surface area contributed by atoms with Gasteiger partial charge in [-0.3, -0.25) is 14.6 Å². The number of piperidine rings is 1. The smallest absolute Gasteiger partial charge is 0.323 e. The predicted molar refractivity (Wildman–Crippen MR) is 87.1 cm³/mol. The van der Waals surface area contributed by atoms with Crippen LogP contribution >= 0.6 is 11.6 Å². The molecule has 3 amide bonds. The van der Waals surface area contributed by atoms with E-state index in [0.29, 0.717) is 0 Å². The molecule has 1 spiro atoms. The van der Waals surface area contributed by atoms with Crippen molar-refractivity contribution in [3.8, 4) is 0 Å². The molecule has 0 unspecified atom stereocenters. The van der Waals surface area contributed by atoms with Gasteiger partial charge < -0.3 is 5.32 Å². The van der Waals surface area contributed by atoms with E-state index in [4.69, 9.17) is 11.6 Å². The summed E-state index contributed by atoms with van der Waals surface area (Å²) < 4.78 is 0. The average Bonchev–Trinajstić information content (AvgIpc) is 3.27. The van der Waals surface area contributed by atoms with Gasteiger partial charge in [0.15, 0.2) is 0 Å². The van der Waals surface area contributed by atoms with Gasteiger partial charge in [-0.05, 0) is 43.4 Å². The lowest BCUT2D eigenvalue weighted by atomic mass is 10.0. The molecule has 6 heteroatoms. The fourth-order valence-corrected chi connectivity index (χ4v) is 3.75. The lowest BCUT2D eigenvalue weighted by molar-refractivity contribution is -0.130. The highest BCUT2D eigenvalue weighted by Gasteiger charge is 2.60. The normalized spacial score (nSPS) is 24.3. The Morgan fingerprint density at radius 3 is 2.35 bits per heavy atom. The molecule has 3 fully saturated rings. The Morgan fingerprint density at radius 2 is 1.78 bits per heavy atom. The third-order valence-electron chi connectivity index (χ3n) is 5.18. The number of rotatable bonds is 3. The lowest BCUT2D eigenvalue weighted by Crippen LogP contribution is -2.47. The molecule has 5 nitrogen and oxygen atoms in total. The molecule has 1 N–H and O–H groups in total. The van der Waals surface area contributed by atoms with Gasteiger partial charge in [0.1, 0.15) is 5.54 Å². The van der Waals surface area contributed by atoms with Gasteiger partial charge in [0.05, 0.1) is 0 Å². The van der Waals surface area contributed by atoms with Crippen LogP contribution in [0.1, 0.15) is 31.2 Å². The molecule has 4 rings (SSSR count). The first kappa shape index (κ1) is 15.0. The number of hydrogen-bond donors (Lipinski definition) is 1. The Bertz CT molecular complexity index is 634. The van der Waals surface area contributed by atoms with E-state index >= 15 is 0 Å². The molecule has 0 bridgehead atoms. The SMILES string of the molecule is O=C1NC2(CC2)C(=O)N1C1CCN(Cc2ccc(Cl)cc2)CC1. The number of nitrogens with zero attached hydrogens (tertiary/aromatic N) is 2. The average molecular weight is 334 g/mol. The van der Waals surface area contributed by atoms with E-state index in [9.17, 15) is 9.59 Å². The van der Waals surface area contributed by atoms with E-state index < -0.39 is 5.54 Å². The summed E-state index contributed by atoms with van der Waals surface area (Å²) in [4.78, 5) is 28.4. The maximum absolute atomic E-state index is 12.4. The Kier molecular flexibility index (Phi) is 3.58. The first-order valence-electron chi connectivity index (χ1n) is 8.20. The highest BCUT2D eigenvalue weighted by atomic mass is 35.5. The quantitative estimate of drug-likeness (QED) is 0.864. The number of amides is 3. The summed E-state index contributed by atoms with van der Waals surface area (Å²) in [5.74, 6) is -0.00125. The van der Waals surface area contributed by atoms with Gasteiger partial charge in [-0.2, -0.15) is 0 Å². The number of urea groups is 1. The van der Waals surface area contributed by atoms with Crippen molar-refractivity contribution in [2.45, 2.75) is 43.8 Å². The zero-order valence-electron chi connectivity index (χ0n) is 12.9. The molecule has 0 aromatic heterocycles. The third kappa shape index (κ3) is 2.72. The van der Waals surface area contributed by atoms with Gasteiger partial charge in [0, 0.05) is 30.7 Å². The highest BCUT2D eigenvalue weighted by molar-refractivity contribution is 6.30. The summed E-state index contributed by atoms with van der Waals surface area (Å²) >= 11 is 5.91. The van der Waals surface area contributed by atoms with Crippen molar-refractivity contribution < 1.29 is 9.59 Å². The van der Waals surface area contributed by atoms with Crippen LogP contribution in [-0.4, -0.2) is 46.4 Å². The molecule has 2 saturated heterocycles.